The minimum Gasteiger partial charge on any atom is -0.495 e. The Labute approximate surface area is 162 Å². The SMILES string of the molecule is COc1cc2c(cc1NC(=O)CC(C)=NNC(=O)C(C)C)oc1ccccc12. The van der Waals surface area contributed by atoms with Crippen molar-refractivity contribution < 1.29 is 18.7 Å². The molecule has 2 amide bonds. The molecule has 0 spiro atoms. The Hall–Kier alpha value is -3.35. The van der Waals surface area contributed by atoms with Crippen molar-refractivity contribution in [2.24, 2.45) is 11.0 Å². The third-order valence-electron chi connectivity index (χ3n) is 4.27. The molecule has 7 nitrogen and oxygen atoms in total. The second-order valence-corrected chi connectivity index (χ2v) is 6.85. The maximum absolute atomic E-state index is 12.4. The lowest BCUT2D eigenvalue weighted by atomic mass is 10.1. The number of rotatable bonds is 6. The zero-order chi connectivity index (χ0) is 20.3. The summed E-state index contributed by atoms with van der Waals surface area (Å²) in [6, 6.07) is 11.3. The number of carbonyl (C=O) groups is 2. The van der Waals surface area contributed by atoms with Crippen molar-refractivity contribution in [3.8, 4) is 5.75 Å². The van der Waals surface area contributed by atoms with E-state index in [1.807, 2.05) is 30.3 Å². The number of nitrogens with zero attached hydrogens (tertiary/aromatic N) is 1. The van der Waals surface area contributed by atoms with Crippen molar-refractivity contribution in [2.45, 2.75) is 27.2 Å². The smallest absolute Gasteiger partial charge is 0.242 e. The molecule has 7 heteroatoms. The van der Waals surface area contributed by atoms with Crippen LogP contribution in [0.3, 0.4) is 0 Å². The van der Waals surface area contributed by atoms with E-state index in [9.17, 15) is 9.59 Å². The fourth-order valence-electron chi connectivity index (χ4n) is 2.76. The van der Waals surface area contributed by atoms with Gasteiger partial charge in [0.2, 0.25) is 11.8 Å². The van der Waals surface area contributed by atoms with Crippen molar-refractivity contribution in [3.05, 3.63) is 36.4 Å². The molecule has 0 radical (unpaired) electrons. The summed E-state index contributed by atoms with van der Waals surface area (Å²) in [4.78, 5) is 23.9. The highest BCUT2D eigenvalue weighted by Crippen LogP contribution is 2.36. The Morgan fingerprint density at radius 3 is 2.61 bits per heavy atom. The molecule has 2 aromatic carbocycles. The minimum atomic E-state index is -0.270. The monoisotopic (exact) mass is 381 g/mol. The van der Waals surface area contributed by atoms with Gasteiger partial charge >= 0.3 is 0 Å². The van der Waals surface area contributed by atoms with E-state index in [1.54, 1.807) is 33.9 Å². The second-order valence-electron chi connectivity index (χ2n) is 6.85. The number of hydrazone groups is 1. The van der Waals surface area contributed by atoms with Crippen LogP contribution in [0.5, 0.6) is 5.75 Å². The van der Waals surface area contributed by atoms with Crippen LogP contribution in [-0.2, 0) is 9.59 Å². The summed E-state index contributed by atoms with van der Waals surface area (Å²) in [7, 11) is 1.55. The van der Waals surface area contributed by atoms with Crippen LogP contribution in [0.4, 0.5) is 5.69 Å². The molecular weight excluding hydrogens is 358 g/mol. The Morgan fingerprint density at radius 1 is 1.14 bits per heavy atom. The number of benzene rings is 2. The molecule has 28 heavy (non-hydrogen) atoms. The average Bonchev–Trinajstić information content (AvgIpc) is 3.02. The Kier molecular flexibility index (Phi) is 5.63. The van der Waals surface area contributed by atoms with Gasteiger partial charge in [0, 0.05) is 28.5 Å². The number of hydrogen-bond donors (Lipinski definition) is 2. The molecular formula is C21H23N3O4. The predicted molar refractivity (Wildman–Crippen MR) is 110 cm³/mol. The van der Waals surface area contributed by atoms with Gasteiger partial charge in [-0.25, -0.2) is 5.43 Å². The summed E-state index contributed by atoms with van der Waals surface area (Å²) < 4.78 is 11.3. The summed E-state index contributed by atoms with van der Waals surface area (Å²) in [5.74, 6) is -0.106. The standard InChI is InChI=1S/C21H23N3O4/c1-12(2)21(26)24-23-13(3)9-20(25)22-16-11-18-15(10-19(16)27-4)14-7-5-6-8-17(14)28-18/h5-8,10-12H,9H2,1-4H3,(H,22,25)(H,24,26). The van der Waals surface area contributed by atoms with Crippen molar-refractivity contribution in [3.63, 3.8) is 0 Å². The van der Waals surface area contributed by atoms with E-state index in [1.165, 1.54) is 0 Å². The topological polar surface area (TPSA) is 92.9 Å². The van der Waals surface area contributed by atoms with Crippen LogP contribution in [-0.4, -0.2) is 24.6 Å². The first kappa shape index (κ1) is 19.4. The molecule has 0 atom stereocenters. The molecule has 0 aliphatic rings. The van der Waals surface area contributed by atoms with Gasteiger partial charge in [0.25, 0.3) is 0 Å². The van der Waals surface area contributed by atoms with E-state index in [0.717, 1.165) is 16.4 Å². The first-order chi connectivity index (χ1) is 13.4. The minimum absolute atomic E-state index is 0.0414. The summed E-state index contributed by atoms with van der Waals surface area (Å²) in [6.07, 6.45) is 0.0414. The summed E-state index contributed by atoms with van der Waals surface area (Å²) in [5, 5.41) is 8.68. The van der Waals surface area contributed by atoms with E-state index >= 15 is 0 Å². The lowest BCUT2D eigenvalue weighted by molar-refractivity contribution is -0.124. The Morgan fingerprint density at radius 2 is 1.89 bits per heavy atom. The summed E-state index contributed by atoms with van der Waals surface area (Å²) in [5.41, 5.74) is 4.88. The Bertz CT molecular complexity index is 1070. The van der Waals surface area contributed by atoms with Gasteiger partial charge < -0.3 is 14.5 Å². The van der Waals surface area contributed by atoms with Crippen LogP contribution in [0.2, 0.25) is 0 Å². The van der Waals surface area contributed by atoms with Crippen LogP contribution < -0.4 is 15.5 Å². The molecule has 0 fully saturated rings. The number of furan rings is 1. The molecule has 3 rings (SSSR count). The molecule has 2 N–H and O–H groups in total. The van der Waals surface area contributed by atoms with Crippen LogP contribution in [0.25, 0.3) is 21.9 Å². The van der Waals surface area contributed by atoms with E-state index < -0.39 is 0 Å². The fraction of sp³-hybridized carbons (Fsp3) is 0.286. The van der Waals surface area contributed by atoms with E-state index in [-0.39, 0.29) is 24.2 Å². The van der Waals surface area contributed by atoms with Gasteiger partial charge in [-0.3, -0.25) is 9.59 Å². The van der Waals surface area contributed by atoms with Gasteiger partial charge in [-0.15, -0.1) is 0 Å². The average molecular weight is 381 g/mol. The molecule has 3 aromatic rings. The van der Waals surface area contributed by atoms with Gasteiger partial charge in [-0.05, 0) is 19.1 Å². The number of methoxy groups -OCH3 is 1. The predicted octanol–water partition coefficient (Wildman–Crippen LogP) is 4.07. The maximum Gasteiger partial charge on any atom is 0.242 e. The molecule has 0 saturated carbocycles. The van der Waals surface area contributed by atoms with Crippen molar-refractivity contribution in [2.75, 3.05) is 12.4 Å². The lowest BCUT2D eigenvalue weighted by Crippen LogP contribution is -2.25. The molecule has 146 valence electrons. The van der Waals surface area contributed by atoms with Crippen LogP contribution in [0.1, 0.15) is 27.2 Å². The first-order valence-corrected chi connectivity index (χ1v) is 9.01. The molecule has 0 aliphatic heterocycles. The van der Waals surface area contributed by atoms with Crippen molar-refractivity contribution >= 4 is 45.2 Å². The van der Waals surface area contributed by atoms with Crippen molar-refractivity contribution in [1.82, 2.24) is 5.43 Å². The third-order valence-corrected chi connectivity index (χ3v) is 4.27. The Balaban J connectivity index is 1.79. The second kappa shape index (κ2) is 8.12. The van der Waals surface area contributed by atoms with Crippen LogP contribution in [0, 0.1) is 5.92 Å². The van der Waals surface area contributed by atoms with Crippen LogP contribution >= 0.6 is 0 Å². The number of fused-ring (bicyclic) bond motifs is 3. The van der Waals surface area contributed by atoms with Crippen LogP contribution in [0.15, 0.2) is 45.9 Å². The highest BCUT2D eigenvalue weighted by Gasteiger charge is 2.14. The van der Waals surface area contributed by atoms with Crippen molar-refractivity contribution in [1.29, 1.82) is 0 Å². The normalized spacial score (nSPS) is 11.8. The molecule has 1 aromatic heterocycles. The number of hydrogen-bond acceptors (Lipinski definition) is 5. The first-order valence-electron chi connectivity index (χ1n) is 9.01. The molecule has 0 unspecified atom stereocenters. The zero-order valence-corrected chi connectivity index (χ0v) is 16.3. The number of ether oxygens (including phenoxy) is 1. The fourth-order valence-corrected chi connectivity index (χ4v) is 2.76. The molecule has 0 bridgehead atoms. The quantitative estimate of drug-likeness (QED) is 0.497. The molecule has 0 saturated heterocycles. The maximum atomic E-state index is 12.4. The molecule has 1 heterocycles. The van der Waals surface area contributed by atoms with E-state index in [4.69, 9.17) is 9.15 Å². The number of anilines is 1. The summed E-state index contributed by atoms with van der Waals surface area (Å²) >= 11 is 0. The summed E-state index contributed by atoms with van der Waals surface area (Å²) in [6.45, 7) is 5.22. The van der Waals surface area contributed by atoms with E-state index in [0.29, 0.717) is 22.7 Å². The largest absolute Gasteiger partial charge is 0.495 e. The zero-order valence-electron chi connectivity index (χ0n) is 16.3. The number of amides is 2. The molecule has 0 aliphatic carbocycles. The highest BCUT2D eigenvalue weighted by molar-refractivity contribution is 6.10. The van der Waals surface area contributed by atoms with Gasteiger partial charge in [0.1, 0.15) is 16.9 Å². The number of para-hydroxylation sites is 1. The van der Waals surface area contributed by atoms with Gasteiger partial charge in [-0.2, -0.15) is 5.10 Å². The van der Waals surface area contributed by atoms with Gasteiger partial charge in [0.05, 0.1) is 19.2 Å². The third kappa shape index (κ3) is 4.14. The van der Waals surface area contributed by atoms with Gasteiger partial charge in [-0.1, -0.05) is 32.0 Å². The van der Waals surface area contributed by atoms with E-state index in [2.05, 4.69) is 15.8 Å². The number of carbonyl (C=O) groups excluding carboxylic acids is 2. The lowest BCUT2D eigenvalue weighted by Gasteiger charge is -2.10. The number of nitrogens with one attached hydrogen (secondary N) is 2. The van der Waals surface area contributed by atoms with Gasteiger partial charge in [0.15, 0.2) is 0 Å². The highest BCUT2D eigenvalue weighted by atomic mass is 16.5.